The molecule has 1 aliphatic heterocycles. The maximum Gasteiger partial charge on any atom is 0.0170 e. The Labute approximate surface area is 98.0 Å². The number of hydrogen-bond acceptors (Lipinski definition) is 3. The smallest absolute Gasteiger partial charge is 0.0170 e. The zero-order valence-electron chi connectivity index (χ0n) is 9.85. The van der Waals surface area contributed by atoms with E-state index in [9.17, 15) is 0 Å². The van der Waals surface area contributed by atoms with Crippen LogP contribution in [0, 0.1) is 5.41 Å². The highest BCUT2D eigenvalue weighted by Gasteiger charge is 2.39. The molecule has 0 spiro atoms. The second kappa shape index (κ2) is 5.55. The normalized spacial score (nSPS) is 29.0. The number of rotatable bonds is 6. The van der Waals surface area contributed by atoms with Crippen LogP contribution in [-0.2, 0) is 0 Å². The third kappa shape index (κ3) is 3.65. The summed E-state index contributed by atoms with van der Waals surface area (Å²) in [5.74, 6) is 2.60. The Morgan fingerprint density at radius 2 is 2.33 bits per heavy atom. The molecule has 88 valence electrons. The van der Waals surface area contributed by atoms with Gasteiger partial charge in [-0.2, -0.15) is 11.8 Å². The molecule has 1 aliphatic carbocycles. The van der Waals surface area contributed by atoms with Crippen molar-refractivity contribution >= 4 is 11.8 Å². The van der Waals surface area contributed by atoms with Crippen LogP contribution in [0.5, 0.6) is 0 Å². The van der Waals surface area contributed by atoms with Gasteiger partial charge in [0.25, 0.3) is 0 Å². The van der Waals surface area contributed by atoms with Crippen LogP contribution in [0.3, 0.4) is 0 Å². The average Bonchev–Trinajstić information content (AvgIpc) is 3.07. The maximum atomic E-state index is 3.64. The van der Waals surface area contributed by atoms with Crippen molar-refractivity contribution in [3.05, 3.63) is 0 Å². The van der Waals surface area contributed by atoms with Gasteiger partial charge in [0.15, 0.2) is 0 Å². The fourth-order valence-electron chi connectivity index (χ4n) is 2.27. The van der Waals surface area contributed by atoms with Gasteiger partial charge >= 0.3 is 0 Å². The van der Waals surface area contributed by atoms with Gasteiger partial charge in [-0.05, 0) is 37.6 Å². The van der Waals surface area contributed by atoms with Crippen molar-refractivity contribution in [2.45, 2.75) is 38.6 Å². The molecule has 1 saturated heterocycles. The summed E-state index contributed by atoms with van der Waals surface area (Å²) in [6.07, 6.45) is 5.56. The van der Waals surface area contributed by atoms with E-state index in [0.29, 0.717) is 5.41 Å². The molecule has 2 rings (SSSR count). The molecule has 1 atom stereocenters. The molecule has 0 amide bonds. The van der Waals surface area contributed by atoms with Crippen molar-refractivity contribution < 1.29 is 0 Å². The second-order valence-electron chi connectivity index (χ2n) is 5.04. The molecule has 2 nitrogen and oxygen atoms in total. The number of nitrogens with one attached hydrogen (secondary N) is 2. The van der Waals surface area contributed by atoms with Crippen molar-refractivity contribution in [3.8, 4) is 0 Å². The third-order valence-corrected chi connectivity index (χ3v) is 5.01. The van der Waals surface area contributed by atoms with Crippen LogP contribution in [-0.4, -0.2) is 37.2 Å². The summed E-state index contributed by atoms with van der Waals surface area (Å²) in [7, 11) is 0. The van der Waals surface area contributed by atoms with Gasteiger partial charge < -0.3 is 10.6 Å². The molecule has 0 aromatic carbocycles. The topological polar surface area (TPSA) is 24.1 Å². The lowest BCUT2D eigenvalue weighted by Gasteiger charge is -2.23. The molecule has 15 heavy (non-hydrogen) atoms. The van der Waals surface area contributed by atoms with Crippen LogP contribution in [0.25, 0.3) is 0 Å². The second-order valence-corrected chi connectivity index (χ2v) is 6.19. The van der Waals surface area contributed by atoms with Gasteiger partial charge in [-0.25, -0.2) is 0 Å². The van der Waals surface area contributed by atoms with E-state index in [1.54, 1.807) is 0 Å². The molecular formula is C12H24N2S. The van der Waals surface area contributed by atoms with E-state index in [4.69, 9.17) is 0 Å². The van der Waals surface area contributed by atoms with Crippen molar-refractivity contribution in [1.29, 1.82) is 0 Å². The van der Waals surface area contributed by atoms with E-state index in [1.807, 2.05) is 0 Å². The first-order valence-corrected chi connectivity index (χ1v) is 7.52. The summed E-state index contributed by atoms with van der Waals surface area (Å²) in [4.78, 5) is 0. The fourth-order valence-corrected chi connectivity index (χ4v) is 3.26. The van der Waals surface area contributed by atoms with Gasteiger partial charge in [0.05, 0.1) is 0 Å². The molecular weight excluding hydrogens is 204 g/mol. The standard InChI is InChI=1S/C12H24N2S/c1-2-12(4-5-12)10-13-6-3-11-9-15-8-7-14-11/h11,13-14H,2-10H2,1H3. The summed E-state index contributed by atoms with van der Waals surface area (Å²) in [6, 6.07) is 0.757. The molecule has 1 saturated carbocycles. The van der Waals surface area contributed by atoms with Crippen molar-refractivity contribution in [2.24, 2.45) is 5.41 Å². The first-order valence-electron chi connectivity index (χ1n) is 6.36. The van der Waals surface area contributed by atoms with E-state index in [1.165, 1.54) is 56.8 Å². The van der Waals surface area contributed by atoms with Gasteiger partial charge in [0.1, 0.15) is 0 Å². The van der Waals surface area contributed by atoms with Gasteiger partial charge in [-0.15, -0.1) is 0 Å². The van der Waals surface area contributed by atoms with Crippen LogP contribution in [0.2, 0.25) is 0 Å². The monoisotopic (exact) mass is 228 g/mol. The highest BCUT2D eigenvalue weighted by Crippen LogP contribution is 2.47. The molecule has 0 bridgehead atoms. The van der Waals surface area contributed by atoms with Crippen LogP contribution in [0.1, 0.15) is 32.6 Å². The molecule has 0 aromatic heterocycles. The zero-order valence-corrected chi connectivity index (χ0v) is 10.7. The Balaban J connectivity index is 1.51. The van der Waals surface area contributed by atoms with Crippen LogP contribution < -0.4 is 10.6 Å². The summed E-state index contributed by atoms with van der Waals surface area (Å²) in [5, 5.41) is 7.22. The first-order chi connectivity index (χ1) is 7.35. The van der Waals surface area contributed by atoms with Gasteiger partial charge in [-0.1, -0.05) is 6.92 Å². The van der Waals surface area contributed by atoms with Gasteiger partial charge in [0.2, 0.25) is 0 Å². The summed E-state index contributed by atoms with van der Waals surface area (Å²) in [6.45, 7) is 5.98. The van der Waals surface area contributed by atoms with Gasteiger partial charge in [0, 0.05) is 30.6 Å². The largest absolute Gasteiger partial charge is 0.316 e. The molecule has 0 aromatic rings. The Morgan fingerprint density at radius 1 is 1.47 bits per heavy atom. The SMILES string of the molecule is CCC1(CNCCC2CSCCN2)CC1. The average molecular weight is 228 g/mol. The Bertz CT molecular complexity index is 186. The zero-order chi connectivity index (χ0) is 10.6. The lowest BCUT2D eigenvalue weighted by molar-refractivity contribution is 0.425. The number of thioether (sulfide) groups is 1. The highest BCUT2D eigenvalue weighted by atomic mass is 32.2. The summed E-state index contributed by atoms with van der Waals surface area (Å²) in [5.41, 5.74) is 0.703. The Morgan fingerprint density at radius 3 is 2.93 bits per heavy atom. The van der Waals surface area contributed by atoms with Crippen molar-refractivity contribution in [3.63, 3.8) is 0 Å². The Kier molecular flexibility index (Phi) is 4.35. The van der Waals surface area contributed by atoms with Crippen molar-refractivity contribution in [2.75, 3.05) is 31.1 Å². The Hall–Kier alpha value is 0.270. The summed E-state index contributed by atoms with van der Waals surface area (Å²) >= 11 is 2.09. The van der Waals surface area contributed by atoms with E-state index < -0.39 is 0 Å². The predicted molar refractivity (Wildman–Crippen MR) is 68.6 cm³/mol. The minimum absolute atomic E-state index is 0.703. The minimum Gasteiger partial charge on any atom is -0.316 e. The van der Waals surface area contributed by atoms with Crippen LogP contribution in [0.15, 0.2) is 0 Å². The molecule has 2 aliphatic rings. The molecule has 2 fully saturated rings. The molecule has 1 unspecified atom stereocenters. The molecule has 0 radical (unpaired) electrons. The third-order valence-electron chi connectivity index (χ3n) is 3.88. The molecule has 2 N–H and O–H groups in total. The lowest BCUT2D eigenvalue weighted by atomic mass is 10.0. The predicted octanol–water partition coefficient (Wildman–Crippen LogP) is 1.86. The van der Waals surface area contributed by atoms with E-state index in [-0.39, 0.29) is 0 Å². The van der Waals surface area contributed by atoms with Crippen LogP contribution in [0.4, 0.5) is 0 Å². The maximum absolute atomic E-state index is 3.64. The lowest BCUT2D eigenvalue weighted by Crippen LogP contribution is -2.39. The number of hydrogen-bond donors (Lipinski definition) is 2. The van der Waals surface area contributed by atoms with Crippen molar-refractivity contribution in [1.82, 2.24) is 10.6 Å². The van der Waals surface area contributed by atoms with Crippen LogP contribution >= 0.6 is 11.8 Å². The van der Waals surface area contributed by atoms with E-state index in [0.717, 1.165) is 6.04 Å². The molecule has 3 heteroatoms. The van der Waals surface area contributed by atoms with Gasteiger partial charge in [-0.3, -0.25) is 0 Å². The van der Waals surface area contributed by atoms with E-state index >= 15 is 0 Å². The van der Waals surface area contributed by atoms with E-state index in [2.05, 4.69) is 29.3 Å². The first kappa shape index (κ1) is 11.7. The highest BCUT2D eigenvalue weighted by molar-refractivity contribution is 7.99. The fraction of sp³-hybridized carbons (Fsp3) is 1.00. The minimum atomic E-state index is 0.703. The molecule has 1 heterocycles. The summed E-state index contributed by atoms with van der Waals surface area (Å²) < 4.78 is 0. The quantitative estimate of drug-likeness (QED) is 0.679.